The first-order valence-electron chi connectivity index (χ1n) is 9.78. The Labute approximate surface area is 190 Å². The number of carbonyl (C=O) groups is 2. The van der Waals surface area contributed by atoms with Gasteiger partial charge in [-0.25, -0.2) is 9.18 Å². The van der Waals surface area contributed by atoms with Crippen molar-refractivity contribution < 1.29 is 23.6 Å². The zero-order chi connectivity index (χ0) is 23.1. The first-order chi connectivity index (χ1) is 15.4. The molecule has 2 amide bonds. The molecule has 0 aliphatic rings. The maximum absolute atomic E-state index is 14.5. The predicted molar refractivity (Wildman–Crippen MR) is 120 cm³/mol. The van der Waals surface area contributed by atoms with Gasteiger partial charge in [0, 0.05) is 23.7 Å². The van der Waals surface area contributed by atoms with Crippen LogP contribution in [0.15, 0.2) is 60.7 Å². The minimum Gasteiger partial charge on any atom is -0.489 e. The minimum absolute atomic E-state index is 0.175. The molecule has 0 bridgehead atoms. The van der Waals surface area contributed by atoms with Gasteiger partial charge >= 0.3 is 6.09 Å². The fraction of sp³-hybridized carbons (Fsp3) is 0.167. The summed E-state index contributed by atoms with van der Waals surface area (Å²) in [4.78, 5) is 27.0. The Balaban J connectivity index is 1.67. The highest BCUT2D eigenvalue weighted by Crippen LogP contribution is 2.27. The number of ether oxygens (including phenoxy) is 1. The summed E-state index contributed by atoms with van der Waals surface area (Å²) in [5.74, 6) is -0.246. The van der Waals surface area contributed by atoms with Gasteiger partial charge in [-0.15, -0.1) is 0 Å². The Bertz CT molecular complexity index is 1120. The molecule has 3 aromatic rings. The number of hydrogen-bond acceptors (Lipinski definition) is 4. The number of nitrogens with one attached hydrogen (secondary N) is 1. The zero-order valence-electron chi connectivity index (χ0n) is 17.6. The van der Waals surface area contributed by atoms with Crippen molar-refractivity contribution >= 4 is 24.1 Å². The first-order valence-corrected chi connectivity index (χ1v) is 10.2. The molecule has 0 aliphatic carbocycles. The van der Waals surface area contributed by atoms with Crippen molar-refractivity contribution in [2.75, 3.05) is 7.05 Å². The maximum Gasteiger partial charge on any atom is 0.431 e. The molecular formula is C24H22ClFN2O4. The average molecular weight is 457 g/mol. The predicted octanol–water partition coefficient (Wildman–Crippen LogP) is 5.26. The van der Waals surface area contributed by atoms with Gasteiger partial charge in [0.2, 0.25) is 6.41 Å². The Kier molecular flexibility index (Phi) is 7.68. The zero-order valence-corrected chi connectivity index (χ0v) is 18.4. The molecule has 0 aliphatic heterocycles. The number of amides is 2. The molecule has 0 unspecified atom stereocenters. The van der Waals surface area contributed by atoms with Crippen LogP contribution in [0.1, 0.15) is 16.7 Å². The summed E-state index contributed by atoms with van der Waals surface area (Å²) in [5.41, 5.74) is 4.27. The molecule has 0 saturated heterocycles. The van der Waals surface area contributed by atoms with Gasteiger partial charge in [-0.2, -0.15) is 5.06 Å². The lowest BCUT2D eigenvalue weighted by atomic mass is 9.99. The van der Waals surface area contributed by atoms with E-state index >= 15 is 0 Å². The largest absolute Gasteiger partial charge is 0.489 e. The molecule has 0 fully saturated rings. The Hall–Kier alpha value is -3.58. The van der Waals surface area contributed by atoms with Gasteiger partial charge in [0.15, 0.2) is 0 Å². The van der Waals surface area contributed by atoms with Crippen molar-refractivity contribution in [3.63, 3.8) is 0 Å². The Morgan fingerprint density at radius 1 is 1.16 bits per heavy atom. The van der Waals surface area contributed by atoms with E-state index in [4.69, 9.17) is 21.2 Å². The molecule has 32 heavy (non-hydrogen) atoms. The summed E-state index contributed by atoms with van der Waals surface area (Å²) < 4.78 is 20.2. The quantitative estimate of drug-likeness (QED) is 0.370. The normalized spacial score (nSPS) is 10.4. The van der Waals surface area contributed by atoms with Crippen molar-refractivity contribution in [2.24, 2.45) is 0 Å². The summed E-state index contributed by atoms with van der Waals surface area (Å²) in [6, 6.07) is 17.9. The molecule has 1 N–H and O–H groups in total. The van der Waals surface area contributed by atoms with Crippen molar-refractivity contribution in [2.45, 2.75) is 20.1 Å². The standard InChI is InChI=1S/C24H22ClFN2O4/c1-16-10-20(25)7-9-22(16)18-5-3-4-17(11-18)14-31-21-8-6-19(23(26)12-21)13-28(15-29)32-24(30)27-2/h3-12,15H,13-14H2,1-2H3,(H,27,30). The lowest BCUT2D eigenvalue weighted by molar-refractivity contribution is -0.153. The average Bonchev–Trinajstić information content (AvgIpc) is 2.78. The van der Waals surface area contributed by atoms with E-state index in [2.05, 4.69) is 5.32 Å². The van der Waals surface area contributed by atoms with Gasteiger partial charge in [-0.05, 0) is 53.4 Å². The van der Waals surface area contributed by atoms with Crippen LogP contribution >= 0.6 is 11.6 Å². The third-order valence-corrected chi connectivity index (χ3v) is 4.94. The van der Waals surface area contributed by atoms with Crippen LogP contribution in [-0.2, 0) is 22.8 Å². The number of hydroxylamine groups is 2. The van der Waals surface area contributed by atoms with E-state index in [0.29, 0.717) is 22.2 Å². The number of nitrogens with zero attached hydrogens (tertiary/aromatic N) is 1. The third-order valence-electron chi connectivity index (χ3n) is 4.70. The van der Waals surface area contributed by atoms with Crippen molar-refractivity contribution in [3.8, 4) is 16.9 Å². The van der Waals surface area contributed by atoms with E-state index in [1.54, 1.807) is 6.07 Å². The van der Waals surface area contributed by atoms with E-state index in [-0.39, 0.29) is 18.7 Å². The molecule has 3 rings (SSSR count). The fourth-order valence-corrected chi connectivity index (χ4v) is 3.33. The van der Waals surface area contributed by atoms with E-state index < -0.39 is 11.9 Å². The van der Waals surface area contributed by atoms with Crippen LogP contribution in [0, 0.1) is 12.7 Å². The van der Waals surface area contributed by atoms with E-state index in [1.807, 2.05) is 49.4 Å². The lowest BCUT2D eigenvalue weighted by Crippen LogP contribution is -2.31. The monoisotopic (exact) mass is 456 g/mol. The molecule has 3 aromatic carbocycles. The van der Waals surface area contributed by atoms with Gasteiger partial charge in [0.25, 0.3) is 0 Å². The van der Waals surface area contributed by atoms with E-state index in [9.17, 15) is 14.0 Å². The molecule has 0 heterocycles. The van der Waals surface area contributed by atoms with Crippen LogP contribution in [0.4, 0.5) is 9.18 Å². The summed E-state index contributed by atoms with van der Waals surface area (Å²) in [6.07, 6.45) is -0.525. The molecule has 0 radical (unpaired) electrons. The van der Waals surface area contributed by atoms with Crippen molar-refractivity contribution in [3.05, 3.63) is 88.2 Å². The van der Waals surface area contributed by atoms with Crippen LogP contribution in [0.3, 0.4) is 0 Å². The van der Waals surface area contributed by atoms with Crippen LogP contribution in [0.2, 0.25) is 5.02 Å². The van der Waals surface area contributed by atoms with Gasteiger partial charge in [-0.1, -0.05) is 41.9 Å². The lowest BCUT2D eigenvalue weighted by Gasteiger charge is -2.16. The van der Waals surface area contributed by atoms with E-state index in [0.717, 1.165) is 22.3 Å². The number of halogens is 2. The van der Waals surface area contributed by atoms with Crippen LogP contribution in [0.25, 0.3) is 11.1 Å². The summed E-state index contributed by atoms with van der Waals surface area (Å²) in [6.45, 7) is 2.02. The Morgan fingerprint density at radius 3 is 2.66 bits per heavy atom. The molecule has 166 valence electrons. The van der Waals surface area contributed by atoms with Crippen LogP contribution in [0.5, 0.6) is 5.75 Å². The van der Waals surface area contributed by atoms with Gasteiger partial charge in [0.05, 0.1) is 6.54 Å². The molecule has 0 aromatic heterocycles. The second-order valence-electron chi connectivity index (χ2n) is 7.01. The maximum atomic E-state index is 14.5. The number of rotatable bonds is 8. The van der Waals surface area contributed by atoms with Gasteiger partial charge in [0.1, 0.15) is 18.2 Å². The van der Waals surface area contributed by atoms with Crippen molar-refractivity contribution in [1.82, 2.24) is 10.4 Å². The smallest absolute Gasteiger partial charge is 0.431 e. The fourth-order valence-electron chi connectivity index (χ4n) is 3.10. The topological polar surface area (TPSA) is 67.9 Å². The number of hydrogen-bond donors (Lipinski definition) is 1. The third kappa shape index (κ3) is 5.98. The molecular weight excluding hydrogens is 435 g/mol. The second-order valence-corrected chi connectivity index (χ2v) is 7.45. The summed E-state index contributed by atoms with van der Waals surface area (Å²) in [7, 11) is 1.35. The number of aryl methyl sites for hydroxylation is 1. The van der Waals surface area contributed by atoms with E-state index in [1.165, 1.54) is 19.2 Å². The van der Waals surface area contributed by atoms with Crippen molar-refractivity contribution in [1.29, 1.82) is 0 Å². The van der Waals surface area contributed by atoms with Crippen LogP contribution in [-0.4, -0.2) is 24.6 Å². The summed E-state index contributed by atoms with van der Waals surface area (Å²) in [5, 5.41) is 3.59. The molecule has 8 heteroatoms. The Morgan fingerprint density at radius 2 is 1.97 bits per heavy atom. The summed E-state index contributed by atoms with van der Waals surface area (Å²) >= 11 is 6.05. The van der Waals surface area contributed by atoms with Crippen LogP contribution < -0.4 is 10.1 Å². The SMILES string of the molecule is CNC(=O)ON(C=O)Cc1ccc(OCc2cccc(-c3ccc(Cl)cc3C)c2)cc1F. The van der Waals surface area contributed by atoms with Gasteiger partial charge in [-0.3, -0.25) is 4.79 Å². The second kappa shape index (κ2) is 10.6. The number of carbonyl (C=O) groups excluding carboxylic acids is 2. The molecule has 0 atom stereocenters. The number of benzene rings is 3. The highest BCUT2D eigenvalue weighted by molar-refractivity contribution is 6.30. The minimum atomic E-state index is -0.825. The highest BCUT2D eigenvalue weighted by atomic mass is 35.5. The first kappa shape index (κ1) is 23.1. The molecule has 0 saturated carbocycles. The highest BCUT2D eigenvalue weighted by Gasteiger charge is 2.13. The molecule has 6 nitrogen and oxygen atoms in total. The van der Waals surface area contributed by atoms with Gasteiger partial charge < -0.3 is 14.9 Å². The molecule has 0 spiro atoms.